The minimum absolute atomic E-state index is 0.0607. The lowest BCUT2D eigenvalue weighted by molar-refractivity contribution is 0.0552. The molecule has 0 saturated carbocycles. The molecule has 35 heavy (non-hydrogen) atoms. The van der Waals surface area contributed by atoms with E-state index >= 15 is 0 Å². The number of carbonyl (C=O) groups is 2. The molecule has 1 aliphatic heterocycles. The van der Waals surface area contributed by atoms with Gasteiger partial charge >= 0.3 is 0 Å². The van der Waals surface area contributed by atoms with Gasteiger partial charge in [0, 0.05) is 37.1 Å². The number of nitrogens with one attached hydrogen (secondary N) is 1. The molecule has 1 aliphatic rings. The highest BCUT2D eigenvalue weighted by molar-refractivity contribution is 7.08. The number of piperazine rings is 1. The van der Waals surface area contributed by atoms with Crippen molar-refractivity contribution in [2.24, 2.45) is 0 Å². The predicted molar refractivity (Wildman–Crippen MR) is 134 cm³/mol. The van der Waals surface area contributed by atoms with E-state index in [0.717, 1.165) is 5.56 Å². The van der Waals surface area contributed by atoms with Crippen LogP contribution >= 0.6 is 11.3 Å². The highest BCUT2D eigenvalue weighted by atomic mass is 32.1. The molecule has 5 rings (SSSR count). The first-order chi connectivity index (χ1) is 17.1. The van der Waals surface area contributed by atoms with E-state index in [1.165, 1.54) is 11.3 Å². The van der Waals surface area contributed by atoms with Gasteiger partial charge in [-0.05, 0) is 30.5 Å². The van der Waals surface area contributed by atoms with E-state index in [2.05, 4.69) is 20.4 Å². The summed E-state index contributed by atoms with van der Waals surface area (Å²) in [5, 5.41) is 10.6. The van der Waals surface area contributed by atoms with Crippen molar-refractivity contribution in [3.8, 4) is 11.4 Å². The zero-order valence-electron chi connectivity index (χ0n) is 19.3. The molecule has 1 unspecified atom stereocenters. The SMILES string of the molecule is CC(c1nc(-c2ccccc2)no1)N1CCN(C(=O)c2ccccc2NC(=O)c2ccsc2)CC1. The Balaban J connectivity index is 1.22. The lowest BCUT2D eigenvalue weighted by Crippen LogP contribution is -2.49. The summed E-state index contributed by atoms with van der Waals surface area (Å²) in [5.74, 6) is 0.815. The third-order valence-electron chi connectivity index (χ3n) is 6.17. The number of carbonyl (C=O) groups excluding carboxylic acids is 2. The molecule has 178 valence electrons. The average molecular weight is 488 g/mol. The Morgan fingerprint density at radius 2 is 1.74 bits per heavy atom. The van der Waals surface area contributed by atoms with E-state index in [4.69, 9.17) is 4.52 Å². The molecule has 2 aromatic heterocycles. The Morgan fingerprint density at radius 3 is 2.49 bits per heavy atom. The van der Waals surface area contributed by atoms with Crippen LogP contribution in [-0.2, 0) is 0 Å². The third-order valence-corrected chi connectivity index (χ3v) is 6.85. The summed E-state index contributed by atoms with van der Waals surface area (Å²) >= 11 is 1.46. The molecule has 0 aliphatic carbocycles. The first-order valence-electron chi connectivity index (χ1n) is 11.4. The Bertz CT molecular complexity index is 1300. The monoisotopic (exact) mass is 487 g/mol. The standard InChI is InChI=1S/C26H25N5O3S/c1-18(25-28-23(29-34-25)19-7-3-2-4-8-19)30-12-14-31(15-13-30)26(33)21-9-5-6-10-22(21)27-24(32)20-11-16-35-17-20/h2-11,16-18H,12-15H2,1H3,(H,27,32). The number of hydrogen-bond acceptors (Lipinski definition) is 7. The molecule has 0 radical (unpaired) electrons. The summed E-state index contributed by atoms with van der Waals surface area (Å²) in [4.78, 5) is 34.5. The van der Waals surface area contributed by atoms with Crippen LogP contribution < -0.4 is 5.32 Å². The fraction of sp³-hybridized carbons (Fsp3) is 0.231. The predicted octanol–water partition coefficient (Wildman–Crippen LogP) is 4.57. The minimum Gasteiger partial charge on any atom is -0.337 e. The van der Waals surface area contributed by atoms with E-state index in [9.17, 15) is 9.59 Å². The summed E-state index contributed by atoms with van der Waals surface area (Å²) in [6.07, 6.45) is 0. The maximum atomic E-state index is 13.3. The number of nitrogens with zero attached hydrogens (tertiary/aromatic N) is 4. The smallest absolute Gasteiger partial charge is 0.256 e. The van der Waals surface area contributed by atoms with Gasteiger partial charge in [0.05, 0.1) is 22.9 Å². The van der Waals surface area contributed by atoms with Crippen molar-refractivity contribution in [1.82, 2.24) is 19.9 Å². The van der Waals surface area contributed by atoms with Gasteiger partial charge in [0.15, 0.2) is 0 Å². The molecular formula is C26H25N5O3S. The van der Waals surface area contributed by atoms with E-state index in [-0.39, 0.29) is 17.9 Å². The molecule has 2 amide bonds. The third kappa shape index (κ3) is 5.01. The zero-order chi connectivity index (χ0) is 24.2. The van der Waals surface area contributed by atoms with Crippen molar-refractivity contribution in [1.29, 1.82) is 0 Å². The molecule has 1 saturated heterocycles. The molecule has 2 aromatic carbocycles. The number of anilines is 1. The molecule has 9 heteroatoms. The highest BCUT2D eigenvalue weighted by Crippen LogP contribution is 2.25. The van der Waals surface area contributed by atoms with Crippen LogP contribution in [0.1, 0.15) is 39.6 Å². The average Bonchev–Trinajstić information content (AvgIpc) is 3.62. The zero-order valence-corrected chi connectivity index (χ0v) is 20.1. The van der Waals surface area contributed by atoms with Crippen LogP contribution in [0.5, 0.6) is 0 Å². The quantitative estimate of drug-likeness (QED) is 0.428. The molecule has 8 nitrogen and oxygen atoms in total. The minimum atomic E-state index is -0.223. The molecule has 1 atom stereocenters. The van der Waals surface area contributed by atoms with Crippen LogP contribution in [0.3, 0.4) is 0 Å². The molecule has 0 spiro atoms. The van der Waals surface area contributed by atoms with Gasteiger partial charge in [0.25, 0.3) is 11.8 Å². The first kappa shape index (κ1) is 22.9. The van der Waals surface area contributed by atoms with Gasteiger partial charge in [-0.1, -0.05) is 47.6 Å². The van der Waals surface area contributed by atoms with E-state index < -0.39 is 0 Å². The number of aromatic nitrogens is 2. The number of para-hydroxylation sites is 1. The number of hydrogen-bond donors (Lipinski definition) is 1. The Hall–Kier alpha value is -3.82. The lowest BCUT2D eigenvalue weighted by Gasteiger charge is -2.37. The number of benzene rings is 2. The van der Waals surface area contributed by atoms with Gasteiger partial charge < -0.3 is 14.7 Å². The van der Waals surface area contributed by atoms with E-state index in [1.807, 2.05) is 59.7 Å². The van der Waals surface area contributed by atoms with Crippen LogP contribution in [-0.4, -0.2) is 57.9 Å². The first-order valence-corrected chi connectivity index (χ1v) is 12.4. The summed E-state index contributed by atoms with van der Waals surface area (Å²) in [6.45, 7) is 4.53. The molecule has 3 heterocycles. The molecule has 1 N–H and O–H groups in total. The molecule has 1 fully saturated rings. The van der Waals surface area contributed by atoms with Gasteiger partial charge in [-0.25, -0.2) is 0 Å². The second-order valence-corrected chi connectivity index (χ2v) is 9.12. The van der Waals surface area contributed by atoms with Gasteiger partial charge in [-0.15, -0.1) is 0 Å². The van der Waals surface area contributed by atoms with Gasteiger partial charge in [-0.3, -0.25) is 14.5 Å². The van der Waals surface area contributed by atoms with Crippen molar-refractivity contribution in [3.05, 3.63) is 88.4 Å². The summed E-state index contributed by atoms with van der Waals surface area (Å²) in [7, 11) is 0. The van der Waals surface area contributed by atoms with Crippen LogP contribution in [0.15, 0.2) is 75.9 Å². The molecule has 0 bridgehead atoms. The van der Waals surface area contributed by atoms with Crippen molar-refractivity contribution >= 4 is 28.8 Å². The van der Waals surface area contributed by atoms with Gasteiger partial charge in [-0.2, -0.15) is 16.3 Å². The topological polar surface area (TPSA) is 91.6 Å². The molecular weight excluding hydrogens is 462 g/mol. The summed E-state index contributed by atoms with van der Waals surface area (Å²) < 4.78 is 5.54. The highest BCUT2D eigenvalue weighted by Gasteiger charge is 2.29. The van der Waals surface area contributed by atoms with Crippen molar-refractivity contribution in [2.75, 3.05) is 31.5 Å². The van der Waals surface area contributed by atoms with Crippen LogP contribution in [0.4, 0.5) is 5.69 Å². The van der Waals surface area contributed by atoms with Gasteiger partial charge in [0.2, 0.25) is 11.7 Å². The van der Waals surface area contributed by atoms with Crippen molar-refractivity contribution < 1.29 is 14.1 Å². The second kappa shape index (κ2) is 10.2. The fourth-order valence-electron chi connectivity index (χ4n) is 4.11. The van der Waals surface area contributed by atoms with Crippen LogP contribution in [0, 0.1) is 0 Å². The normalized spacial score (nSPS) is 15.1. The van der Waals surface area contributed by atoms with Gasteiger partial charge in [0.1, 0.15) is 0 Å². The fourth-order valence-corrected chi connectivity index (χ4v) is 4.75. The van der Waals surface area contributed by atoms with E-state index in [0.29, 0.717) is 54.7 Å². The van der Waals surface area contributed by atoms with Crippen molar-refractivity contribution in [2.45, 2.75) is 13.0 Å². The van der Waals surface area contributed by atoms with E-state index in [1.54, 1.807) is 23.6 Å². The number of rotatable bonds is 6. The maximum absolute atomic E-state index is 13.3. The molecule has 4 aromatic rings. The summed E-state index contributed by atoms with van der Waals surface area (Å²) in [5.41, 5.74) is 2.50. The summed E-state index contributed by atoms with van der Waals surface area (Å²) in [6, 6.07) is 18.6. The number of amides is 2. The Labute approximate surface area is 207 Å². The largest absolute Gasteiger partial charge is 0.337 e. The Morgan fingerprint density at radius 1 is 1.00 bits per heavy atom. The van der Waals surface area contributed by atoms with Crippen molar-refractivity contribution in [3.63, 3.8) is 0 Å². The maximum Gasteiger partial charge on any atom is 0.256 e. The van der Waals surface area contributed by atoms with Crippen LogP contribution in [0.2, 0.25) is 0 Å². The Kier molecular flexibility index (Phi) is 6.69. The number of thiophene rings is 1. The van der Waals surface area contributed by atoms with Crippen LogP contribution in [0.25, 0.3) is 11.4 Å². The second-order valence-electron chi connectivity index (χ2n) is 8.34. The lowest BCUT2D eigenvalue weighted by atomic mass is 10.1.